The minimum absolute atomic E-state index is 1.13. The van der Waals surface area contributed by atoms with E-state index in [9.17, 15) is 0 Å². The standard InChI is InChI=1S/C44H29NS/c1-2-12-30(13-3-1)31-24-26-35(27-25-31)45(36-18-10-17-33(28-36)38-22-11-16-32-14-4-6-19-37(32)38)41-29-34-15-5-7-20-39(34)44-43(41)40-21-8-9-23-42(40)46-44/h1-29H. The Labute approximate surface area is 272 Å². The molecule has 0 aliphatic heterocycles. The van der Waals surface area contributed by atoms with Gasteiger partial charge in [-0.25, -0.2) is 0 Å². The van der Waals surface area contributed by atoms with E-state index in [2.05, 4.69) is 181 Å². The summed E-state index contributed by atoms with van der Waals surface area (Å²) in [6, 6.07) is 63.9. The van der Waals surface area contributed by atoms with Crippen LogP contribution < -0.4 is 4.90 Å². The Balaban J connectivity index is 1.32. The highest BCUT2D eigenvalue weighted by atomic mass is 32.1. The maximum atomic E-state index is 2.46. The molecule has 0 fully saturated rings. The molecule has 9 rings (SSSR count). The van der Waals surface area contributed by atoms with E-state index in [1.165, 1.54) is 69.7 Å². The molecule has 0 aliphatic rings. The Morgan fingerprint density at radius 2 is 1.02 bits per heavy atom. The molecule has 0 radical (unpaired) electrons. The molecule has 0 amide bonds. The highest BCUT2D eigenvalue weighted by Gasteiger charge is 2.21. The molecule has 46 heavy (non-hydrogen) atoms. The van der Waals surface area contributed by atoms with Crippen LogP contribution in [0.4, 0.5) is 17.1 Å². The maximum absolute atomic E-state index is 2.46. The summed E-state index contributed by atoms with van der Waals surface area (Å²) < 4.78 is 2.63. The largest absolute Gasteiger partial charge is 0.310 e. The summed E-state index contributed by atoms with van der Waals surface area (Å²) in [5, 5.41) is 7.64. The van der Waals surface area contributed by atoms with E-state index in [0.29, 0.717) is 0 Å². The molecule has 0 unspecified atom stereocenters. The van der Waals surface area contributed by atoms with Gasteiger partial charge in [0.15, 0.2) is 0 Å². The van der Waals surface area contributed by atoms with E-state index in [4.69, 9.17) is 0 Å². The first-order valence-electron chi connectivity index (χ1n) is 15.7. The molecular formula is C44H29NS. The predicted octanol–water partition coefficient (Wildman–Crippen LogP) is 13.2. The topological polar surface area (TPSA) is 3.24 Å². The van der Waals surface area contributed by atoms with Crippen molar-refractivity contribution in [2.24, 2.45) is 0 Å². The van der Waals surface area contributed by atoms with Crippen molar-refractivity contribution in [3.05, 3.63) is 176 Å². The highest BCUT2D eigenvalue weighted by Crippen LogP contribution is 2.48. The van der Waals surface area contributed by atoms with Gasteiger partial charge in [-0.15, -0.1) is 11.3 Å². The predicted molar refractivity (Wildman–Crippen MR) is 200 cm³/mol. The number of rotatable bonds is 5. The summed E-state index contributed by atoms with van der Waals surface area (Å²) >= 11 is 1.89. The molecule has 0 saturated carbocycles. The van der Waals surface area contributed by atoms with Crippen LogP contribution in [0.25, 0.3) is 64.0 Å². The molecule has 1 aromatic heterocycles. The lowest BCUT2D eigenvalue weighted by atomic mass is 9.97. The molecular weight excluding hydrogens is 575 g/mol. The van der Waals surface area contributed by atoms with Crippen LogP contribution in [0.15, 0.2) is 176 Å². The van der Waals surface area contributed by atoms with Crippen molar-refractivity contribution in [3.8, 4) is 22.3 Å². The van der Waals surface area contributed by atoms with Gasteiger partial charge >= 0.3 is 0 Å². The van der Waals surface area contributed by atoms with Gasteiger partial charge in [-0.2, -0.15) is 0 Å². The molecule has 1 nitrogen and oxygen atoms in total. The summed E-state index contributed by atoms with van der Waals surface area (Å²) in [7, 11) is 0. The molecule has 8 aromatic carbocycles. The van der Waals surface area contributed by atoms with Crippen molar-refractivity contribution >= 4 is 70.1 Å². The van der Waals surface area contributed by atoms with Gasteiger partial charge in [0.25, 0.3) is 0 Å². The van der Waals surface area contributed by atoms with Gasteiger partial charge in [-0.1, -0.05) is 140 Å². The molecule has 0 N–H and O–H groups in total. The van der Waals surface area contributed by atoms with Gasteiger partial charge in [0.05, 0.1) is 5.69 Å². The fourth-order valence-corrected chi connectivity index (χ4v) is 8.12. The number of thiophene rings is 1. The quantitative estimate of drug-likeness (QED) is 0.189. The van der Waals surface area contributed by atoms with Crippen LogP contribution in [0.5, 0.6) is 0 Å². The third-order valence-electron chi connectivity index (χ3n) is 9.03. The van der Waals surface area contributed by atoms with Crippen molar-refractivity contribution in [2.75, 3.05) is 4.90 Å². The lowest BCUT2D eigenvalue weighted by Crippen LogP contribution is -2.10. The monoisotopic (exact) mass is 603 g/mol. The van der Waals surface area contributed by atoms with Gasteiger partial charge in [-0.3, -0.25) is 0 Å². The Bertz CT molecular complexity index is 2520. The van der Waals surface area contributed by atoms with Gasteiger partial charge in [0.2, 0.25) is 0 Å². The Morgan fingerprint density at radius 1 is 0.391 bits per heavy atom. The van der Waals surface area contributed by atoms with Crippen molar-refractivity contribution in [1.82, 2.24) is 0 Å². The minimum atomic E-state index is 1.13. The first-order chi connectivity index (χ1) is 22.8. The summed E-state index contributed by atoms with van der Waals surface area (Å²) in [6.45, 7) is 0. The van der Waals surface area contributed by atoms with Crippen LogP contribution in [-0.2, 0) is 0 Å². The fraction of sp³-hybridized carbons (Fsp3) is 0. The number of benzene rings is 8. The average molecular weight is 604 g/mol. The zero-order valence-electron chi connectivity index (χ0n) is 25.1. The third-order valence-corrected chi connectivity index (χ3v) is 10.2. The van der Waals surface area contributed by atoms with E-state index in [0.717, 1.165) is 11.4 Å². The van der Waals surface area contributed by atoms with Crippen LogP contribution in [0.3, 0.4) is 0 Å². The molecule has 0 atom stereocenters. The lowest BCUT2D eigenvalue weighted by molar-refractivity contribution is 1.30. The van der Waals surface area contributed by atoms with Gasteiger partial charge < -0.3 is 4.90 Å². The normalized spacial score (nSPS) is 11.5. The molecule has 0 aliphatic carbocycles. The fourth-order valence-electron chi connectivity index (χ4n) is 6.87. The van der Waals surface area contributed by atoms with Crippen LogP contribution in [-0.4, -0.2) is 0 Å². The second-order valence-electron chi connectivity index (χ2n) is 11.7. The summed E-state index contributed by atoms with van der Waals surface area (Å²) in [4.78, 5) is 2.46. The van der Waals surface area contributed by atoms with E-state index >= 15 is 0 Å². The van der Waals surface area contributed by atoms with Crippen LogP contribution in [0.1, 0.15) is 0 Å². The van der Waals surface area contributed by atoms with E-state index < -0.39 is 0 Å². The maximum Gasteiger partial charge on any atom is 0.0561 e. The number of hydrogen-bond donors (Lipinski definition) is 0. The lowest BCUT2D eigenvalue weighted by Gasteiger charge is -2.28. The Kier molecular flexibility index (Phi) is 6.40. The summed E-state index contributed by atoms with van der Waals surface area (Å²) in [5.74, 6) is 0. The molecule has 0 bridgehead atoms. The molecule has 0 spiro atoms. The zero-order chi connectivity index (χ0) is 30.5. The minimum Gasteiger partial charge on any atom is -0.310 e. The van der Waals surface area contributed by atoms with Crippen LogP contribution in [0.2, 0.25) is 0 Å². The zero-order valence-corrected chi connectivity index (χ0v) is 25.9. The molecule has 2 heteroatoms. The Morgan fingerprint density at radius 3 is 1.87 bits per heavy atom. The molecule has 1 heterocycles. The number of fused-ring (bicyclic) bond motifs is 6. The van der Waals surface area contributed by atoms with Gasteiger partial charge in [-0.05, 0) is 80.2 Å². The van der Waals surface area contributed by atoms with E-state index in [-0.39, 0.29) is 0 Å². The van der Waals surface area contributed by atoms with E-state index in [1.54, 1.807) is 0 Å². The van der Waals surface area contributed by atoms with E-state index in [1.807, 2.05) is 11.3 Å². The number of nitrogens with zero attached hydrogens (tertiary/aromatic N) is 1. The first-order valence-corrected chi connectivity index (χ1v) is 16.5. The second-order valence-corrected chi connectivity index (χ2v) is 12.8. The number of anilines is 3. The third kappa shape index (κ3) is 4.46. The molecule has 0 saturated heterocycles. The number of hydrogen-bond acceptors (Lipinski definition) is 2. The average Bonchev–Trinajstić information content (AvgIpc) is 3.53. The van der Waals surface area contributed by atoms with Gasteiger partial charge in [0, 0.05) is 31.5 Å². The van der Waals surface area contributed by atoms with Crippen molar-refractivity contribution in [2.45, 2.75) is 0 Å². The second kappa shape index (κ2) is 11.0. The van der Waals surface area contributed by atoms with Crippen LogP contribution in [0, 0.1) is 0 Å². The van der Waals surface area contributed by atoms with Crippen molar-refractivity contribution in [3.63, 3.8) is 0 Å². The van der Waals surface area contributed by atoms with Gasteiger partial charge in [0.1, 0.15) is 0 Å². The first kappa shape index (κ1) is 26.7. The van der Waals surface area contributed by atoms with Crippen LogP contribution >= 0.6 is 11.3 Å². The highest BCUT2D eigenvalue weighted by molar-refractivity contribution is 7.26. The molecule has 9 aromatic rings. The molecule has 216 valence electrons. The SMILES string of the molecule is c1ccc(-c2ccc(N(c3cccc(-c4cccc5ccccc45)c3)c3cc4ccccc4c4sc5ccccc5c34)cc2)cc1. The smallest absolute Gasteiger partial charge is 0.0561 e. The van der Waals surface area contributed by atoms with Crippen molar-refractivity contribution < 1.29 is 0 Å². The van der Waals surface area contributed by atoms with Crippen molar-refractivity contribution in [1.29, 1.82) is 0 Å². The summed E-state index contributed by atoms with van der Waals surface area (Å²) in [6.07, 6.45) is 0. The Hall–Kier alpha value is -5.70. The summed E-state index contributed by atoms with van der Waals surface area (Å²) in [5.41, 5.74) is 8.31.